The maximum Gasteiger partial charge on any atom is 0.270 e. The van der Waals surface area contributed by atoms with Gasteiger partial charge < -0.3 is 5.73 Å². The van der Waals surface area contributed by atoms with Crippen LogP contribution in [0.5, 0.6) is 0 Å². The molecule has 1 aromatic heterocycles. The fraction of sp³-hybridized carbons (Fsp3) is 0. The monoisotopic (exact) mass is 285 g/mol. The number of halogens is 2. The number of carbonyl (C=O) groups is 1. The minimum absolute atomic E-state index is 0.0118. The van der Waals surface area contributed by atoms with Gasteiger partial charge in [0, 0.05) is 9.86 Å². The molecule has 0 fully saturated rings. The van der Waals surface area contributed by atoms with E-state index in [9.17, 15) is 4.79 Å². The van der Waals surface area contributed by atoms with Crippen molar-refractivity contribution in [2.75, 3.05) is 0 Å². The average Bonchev–Trinajstić information content (AvgIpc) is 2.19. The smallest absolute Gasteiger partial charge is 0.270 e. The lowest BCUT2D eigenvalue weighted by atomic mass is 10.2. The number of rotatable bonds is 1. The molecule has 6 heteroatoms. The first-order valence-electron chi connectivity index (χ1n) is 4.01. The Morgan fingerprint density at radius 3 is 2.80 bits per heavy atom. The molecule has 1 heterocycles. The van der Waals surface area contributed by atoms with Crippen LogP contribution in [0.25, 0.3) is 10.9 Å². The molecule has 0 spiro atoms. The molecule has 1 amide bonds. The Morgan fingerprint density at radius 2 is 2.13 bits per heavy atom. The molecule has 0 saturated heterocycles. The Labute approximate surface area is 98.6 Å². The number of hydrogen-bond donors (Lipinski definition) is 1. The number of carbonyl (C=O) groups excluding carboxylic acids is 1. The van der Waals surface area contributed by atoms with Crippen LogP contribution >= 0.6 is 27.5 Å². The molecule has 0 unspecified atom stereocenters. The van der Waals surface area contributed by atoms with Crippen LogP contribution in [-0.4, -0.2) is 16.1 Å². The van der Waals surface area contributed by atoms with Gasteiger partial charge in [-0.1, -0.05) is 27.5 Å². The number of benzene rings is 1. The molecule has 4 nitrogen and oxygen atoms in total. The third-order valence-corrected chi connectivity index (χ3v) is 2.77. The minimum Gasteiger partial charge on any atom is -0.364 e. The van der Waals surface area contributed by atoms with Gasteiger partial charge in [-0.05, 0) is 18.2 Å². The zero-order chi connectivity index (χ0) is 11.0. The summed E-state index contributed by atoms with van der Waals surface area (Å²) in [6.45, 7) is 0. The topological polar surface area (TPSA) is 68.9 Å². The van der Waals surface area contributed by atoms with E-state index in [1.54, 1.807) is 12.1 Å². The van der Waals surface area contributed by atoms with Gasteiger partial charge >= 0.3 is 0 Å². The van der Waals surface area contributed by atoms with E-state index in [2.05, 4.69) is 26.1 Å². The summed E-state index contributed by atoms with van der Waals surface area (Å²) in [4.78, 5) is 11.0. The first-order valence-corrected chi connectivity index (χ1v) is 5.18. The second kappa shape index (κ2) is 3.75. The van der Waals surface area contributed by atoms with Crippen LogP contribution < -0.4 is 5.73 Å². The predicted molar refractivity (Wildman–Crippen MR) is 60.8 cm³/mol. The summed E-state index contributed by atoms with van der Waals surface area (Å²) < 4.78 is 0.848. The molecule has 0 aliphatic carbocycles. The second-order valence-electron chi connectivity index (χ2n) is 2.89. The van der Waals surface area contributed by atoms with Gasteiger partial charge in [0.15, 0.2) is 5.69 Å². The first kappa shape index (κ1) is 10.3. The third kappa shape index (κ3) is 1.80. The van der Waals surface area contributed by atoms with Gasteiger partial charge in [0.1, 0.15) is 0 Å². The lowest BCUT2D eigenvalue weighted by molar-refractivity contribution is 0.0995. The molecule has 2 N–H and O–H groups in total. The van der Waals surface area contributed by atoms with Crippen molar-refractivity contribution in [3.63, 3.8) is 0 Å². The van der Waals surface area contributed by atoms with Crippen molar-refractivity contribution >= 4 is 44.3 Å². The van der Waals surface area contributed by atoms with Gasteiger partial charge in [0.2, 0.25) is 0 Å². The quantitative estimate of drug-likeness (QED) is 0.873. The maximum absolute atomic E-state index is 11.0. The van der Waals surface area contributed by atoms with Crippen LogP contribution in [0.15, 0.2) is 22.7 Å². The van der Waals surface area contributed by atoms with E-state index in [0.29, 0.717) is 10.9 Å². The molecule has 1 aromatic carbocycles. The lowest BCUT2D eigenvalue weighted by Crippen LogP contribution is -2.14. The summed E-state index contributed by atoms with van der Waals surface area (Å²) in [7, 11) is 0. The molecular weight excluding hydrogens is 281 g/mol. The van der Waals surface area contributed by atoms with E-state index in [-0.39, 0.29) is 10.7 Å². The molecule has 2 aromatic rings. The van der Waals surface area contributed by atoms with E-state index in [1.165, 1.54) is 0 Å². The van der Waals surface area contributed by atoms with Crippen molar-refractivity contribution in [2.45, 2.75) is 0 Å². The lowest BCUT2D eigenvalue weighted by Gasteiger charge is -2.02. The third-order valence-electron chi connectivity index (χ3n) is 1.89. The Balaban J connectivity index is 2.82. The largest absolute Gasteiger partial charge is 0.364 e. The number of hydrogen-bond acceptors (Lipinski definition) is 3. The standard InChI is InChI=1S/C9H5BrClN3O/c10-4-1-2-6-5(3-4)7(11)8(9(12)15)14-13-6/h1-3H,(H2,12,15). The zero-order valence-corrected chi connectivity index (χ0v) is 9.71. The Bertz CT molecular complexity index is 558. The van der Waals surface area contributed by atoms with Gasteiger partial charge in [0.05, 0.1) is 10.5 Å². The molecule has 0 radical (unpaired) electrons. The van der Waals surface area contributed by atoms with E-state index in [4.69, 9.17) is 17.3 Å². The molecule has 0 saturated carbocycles. The highest BCUT2D eigenvalue weighted by molar-refractivity contribution is 9.10. The van der Waals surface area contributed by atoms with Crippen molar-refractivity contribution in [3.8, 4) is 0 Å². The Kier molecular flexibility index (Phi) is 2.58. The van der Waals surface area contributed by atoms with E-state index in [0.717, 1.165) is 4.47 Å². The fourth-order valence-corrected chi connectivity index (χ4v) is 1.85. The van der Waals surface area contributed by atoms with Gasteiger partial charge in [-0.25, -0.2) is 0 Å². The first-order chi connectivity index (χ1) is 7.09. The molecular formula is C9H5BrClN3O. The second-order valence-corrected chi connectivity index (χ2v) is 4.18. The van der Waals surface area contributed by atoms with E-state index >= 15 is 0 Å². The van der Waals surface area contributed by atoms with Crippen LogP contribution in [0, 0.1) is 0 Å². The normalized spacial score (nSPS) is 10.5. The van der Waals surface area contributed by atoms with Crippen LogP contribution in [-0.2, 0) is 0 Å². The number of amides is 1. The molecule has 0 atom stereocenters. The molecule has 76 valence electrons. The van der Waals surface area contributed by atoms with Gasteiger partial charge in [0.25, 0.3) is 5.91 Å². The SMILES string of the molecule is NC(=O)c1nnc2ccc(Br)cc2c1Cl. The van der Waals surface area contributed by atoms with Crippen LogP contribution in [0.3, 0.4) is 0 Å². The van der Waals surface area contributed by atoms with Crippen LogP contribution in [0.4, 0.5) is 0 Å². The molecule has 0 bridgehead atoms. The van der Waals surface area contributed by atoms with Gasteiger partial charge in [-0.2, -0.15) is 0 Å². The summed E-state index contributed by atoms with van der Waals surface area (Å²) in [5.41, 5.74) is 5.71. The van der Waals surface area contributed by atoms with Gasteiger partial charge in [-0.15, -0.1) is 10.2 Å². The van der Waals surface area contributed by atoms with Crippen LogP contribution in [0.1, 0.15) is 10.5 Å². The van der Waals surface area contributed by atoms with Crippen molar-refractivity contribution in [3.05, 3.63) is 33.4 Å². The fourth-order valence-electron chi connectivity index (χ4n) is 1.20. The highest BCUT2D eigenvalue weighted by Crippen LogP contribution is 2.26. The number of aromatic nitrogens is 2. The summed E-state index contributed by atoms with van der Waals surface area (Å²) in [5.74, 6) is -0.686. The summed E-state index contributed by atoms with van der Waals surface area (Å²) in [6, 6.07) is 5.33. The minimum atomic E-state index is -0.686. The summed E-state index contributed by atoms with van der Waals surface area (Å²) in [5, 5.41) is 8.39. The van der Waals surface area contributed by atoms with Crippen LogP contribution in [0.2, 0.25) is 5.02 Å². The maximum atomic E-state index is 11.0. The van der Waals surface area contributed by atoms with Crippen molar-refractivity contribution < 1.29 is 4.79 Å². The number of nitrogens with zero attached hydrogens (tertiary/aromatic N) is 2. The Morgan fingerprint density at radius 1 is 1.40 bits per heavy atom. The number of fused-ring (bicyclic) bond motifs is 1. The van der Waals surface area contributed by atoms with E-state index < -0.39 is 5.91 Å². The van der Waals surface area contributed by atoms with Crippen molar-refractivity contribution in [2.24, 2.45) is 5.73 Å². The zero-order valence-electron chi connectivity index (χ0n) is 7.37. The summed E-state index contributed by atoms with van der Waals surface area (Å²) in [6.07, 6.45) is 0. The highest BCUT2D eigenvalue weighted by atomic mass is 79.9. The molecule has 0 aliphatic rings. The molecule has 2 rings (SSSR count). The van der Waals surface area contributed by atoms with E-state index in [1.807, 2.05) is 6.07 Å². The number of primary amides is 1. The Hall–Kier alpha value is -1.20. The molecule has 0 aliphatic heterocycles. The number of nitrogens with two attached hydrogens (primary N) is 1. The predicted octanol–water partition coefficient (Wildman–Crippen LogP) is 2.14. The van der Waals surface area contributed by atoms with Crippen molar-refractivity contribution in [1.29, 1.82) is 0 Å². The highest BCUT2D eigenvalue weighted by Gasteiger charge is 2.13. The average molecular weight is 287 g/mol. The van der Waals surface area contributed by atoms with Crippen molar-refractivity contribution in [1.82, 2.24) is 10.2 Å². The van der Waals surface area contributed by atoms with Gasteiger partial charge in [-0.3, -0.25) is 4.79 Å². The molecule has 15 heavy (non-hydrogen) atoms. The summed E-state index contributed by atoms with van der Waals surface area (Å²) >= 11 is 9.29.